The first-order valence-electron chi connectivity index (χ1n) is 3.76. The van der Waals surface area contributed by atoms with Crippen LogP contribution in [0, 0.1) is 0 Å². The average Bonchev–Trinajstić information content (AvgIpc) is 2.05. The van der Waals surface area contributed by atoms with Crippen LogP contribution in [0.5, 0.6) is 0 Å². The van der Waals surface area contributed by atoms with E-state index >= 15 is 0 Å². The molecule has 0 saturated carbocycles. The van der Waals surface area contributed by atoms with E-state index in [-0.39, 0.29) is 0 Å². The topological polar surface area (TPSA) is 44.6 Å². The summed E-state index contributed by atoms with van der Waals surface area (Å²) in [5, 5.41) is 14.9. The summed E-state index contributed by atoms with van der Waals surface area (Å²) in [5.74, 6) is 0. The van der Waals surface area contributed by atoms with Gasteiger partial charge in [-0.2, -0.15) is 0 Å². The summed E-state index contributed by atoms with van der Waals surface area (Å²) in [6.45, 7) is 2.90. The summed E-state index contributed by atoms with van der Waals surface area (Å²) in [7, 11) is 0. The van der Waals surface area contributed by atoms with Crippen molar-refractivity contribution in [1.82, 2.24) is 5.32 Å². The molecule has 3 heteroatoms. The molecular formula is C7H14N2O. The van der Waals surface area contributed by atoms with Crippen molar-refractivity contribution in [1.29, 1.82) is 0 Å². The molecule has 1 unspecified atom stereocenters. The predicted molar refractivity (Wildman–Crippen MR) is 40.5 cm³/mol. The number of nitrogens with zero attached hydrogens (tertiary/aromatic N) is 1. The van der Waals surface area contributed by atoms with Crippen LogP contribution >= 0.6 is 0 Å². The highest BCUT2D eigenvalue weighted by Crippen LogP contribution is 2.07. The first-order valence-corrected chi connectivity index (χ1v) is 3.76. The lowest BCUT2D eigenvalue weighted by Crippen LogP contribution is -2.39. The van der Waals surface area contributed by atoms with Crippen molar-refractivity contribution in [3.8, 4) is 0 Å². The summed E-state index contributed by atoms with van der Waals surface area (Å²) in [4.78, 5) is 0. The molecule has 1 saturated heterocycles. The van der Waals surface area contributed by atoms with Crippen LogP contribution in [0.4, 0.5) is 0 Å². The molecule has 0 radical (unpaired) electrons. The molecule has 10 heavy (non-hydrogen) atoms. The summed E-state index contributed by atoms with van der Waals surface area (Å²) in [6, 6.07) is 0.318. The Labute approximate surface area is 61.1 Å². The van der Waals surface area contributed by atoms with Crippen LogP contribution in [0.15, 0.2) is 5.16 Å². The second-order valence-corrected chi connectivity index (χ2v) is 2.74. The molecule has 0 bridgehead atoms. The van der Waals surface area contributed by atoms with Crippen LogP contribution in [-0.2, 0) is 0 Å². The third-order valence-corrected chi connectivity index (χ3v) is 1.97. The van der Waals surface area contributed by atoms with E-state index in [1.807, 2.05) is 6.92 Å². The second-order valence-electron chi connectivity index (χ2n) is 2.74. The second kappa shape index (κ2) is 3.56. The fourth-order valence-corrected chi connectivity index (χ4v) is 1.28. The Hall–Kier alpha value is -0.570. The van der Waals surface area contributed by atoms with Crippen molar-refractivity contribution in [2.45, 2.75) is 32.2 Å². The van der Waals surface area contributed by atoms with Crippen molar-refractivity contribution < 1.29 is 5.21 Å². The van der Waals surface area contributed by atoms with Crippen molar-refractivity contribution in [3.63, 3.8) is 0 Å². The zero-order chi connectivity index (χ0) is 7.40. The molecule has 2 N–H and O–H groups in total. The fraction of sp³-hybridized carbons (Fsp3) is 0.857. The maximum Gasteiger partial charge on any atom is 0.0708 e. The Morgan fingerprint density at radius 2 is 2.40 bits per heavy atom. The van der Waals surface area contributed by atoms with Gasteiger partial charge in [0, 0.05) is 6.04 Å². The Morgan fingerprint density at radius 3 is 2.90 bits per heavy atom. The zero-order valence-electron chi connectivity index (χ0n) is 6.30. The van der Waals surface area contributed by atoms with E-state index in [0.29, 0.717) is 6.04 Å². The van der Waals surface area contributed by atoms with Gasteiger partial charge in [0.2, 0.25) is 0 Å². The van der Waals surface area contributed by atoms with Gasteiger partial charge in [0.05, 0.1) is 5.71 Å². The minimum absolute atomic E-state index is 0.318. The lowest BCUT2D eigenvalue weighted by molar-refractivity contribution is 0.312. The Balaban J connectivity index is 2.39. The van der Waals surface area contributed by atoms with Gasteiger partial charge in [0.25, 0.3) is 0 Å². The van der Waals surface area contributed by atoms with Gasteiger partial charge in [-0.1, -0.05) is 11.6 Å². The third kappa shape index (κ3) is 1.70. The van der Waals surface area contributed by atoms with Gasteiger partial charge < -0.3 is 10.5 Å². The van der Waals surface area contributed by atoms with E-state index < -0.39 is 0 Å². The molecular weight excluding hydrogens is 128 g/mol. The molecule has 0 aromatic rings. The number of piperidine rings is 1. The standard InChI is InChI=1S/C7H14N2O/c1-6(9-10)7-4-2-3-5-8-7/h7-8,10H,2-5H2,1H3. The van der Waals surface area contributed by atoms with Crippen LogP contribution in [-0.4, -0.2) is 23.5 Å². The van der Waals surface area contributed by atoms with Gasteiger partial charge in [-0.3, -0.25) is 0 Å². The molecule has 3 nitrogen and oxygen atoms in total. The van der Waals surface area contributed by atoms with E-state index in [0.717, 1.165) is 18.7 Å². The highest BCUT2D eigenvalue weighted by molar-refractivity contribution is 5.86. The van der Waals surface area contributed by atoms with Crippen molar-refractivity contribution in [2.24, 2.45) is 5.16 Å². The largest absolute Gasteiger partial charge is 0.411 e. The molecule has 1 rings (SSSR count). The highest BCUT2D eigenvalue weighted by Gasteiger charge is 2.14. The van der Waals surface area contributed by atoms with E-state index in [9.17, 15) is 0 Å². The van der Waals surface area contributed by atoms with Crippen LogP contribution in [0.3, 0.4) is 0 Å². The Kier molecular flexibility index (Phi) is 2.68. The van der Waals surface area contributed by atoms with Crippen LogP contribution in [0.1, 0.15) is 26.2 Å². The quantitative estimate of drug-likeness (QED) is 0.325. The summed E-state index contributed by atoms with van der Waals surface area (Å²) < 4.78 is 0. The molecule has 1 heterocycles. The molecule has 0 amide bonds. The monoisotopic (exact) mass is 142 g/mol. The number of rotatable bonds is 1. The minimum atomic E-state index is 0.318. The summed E-state index contributed by atoms with van der Waals surface area (Å²) >= 11 is 0. The summed E-state index contributed by atoms with van der Waals surface area (Å²) in [5.41, 5.74) is 0.805. The minimum Gasteiger partial charge on any atom is -0.411 e. The normalized spacial score (nSPS) is 28.5. The van der Waals surface area contributed by atoms with Gasteiger partial charge in [-0.05, 0) is 26.3 Å². The summed E-state index contributed by atoms with van der Waals surface area (Å²) in [6.07, 6.45) is 3.59. The smallest absolute Gasteiger partial charge is 0.0708 e. The first-order chi connectivity index (χ1) is 4.84. The van der Waals surface area contributed by atoms with Gasteiger partial charge in [0.15, 0.2) is 0 Å². The fourth-order valence-electron chi connectivity index (χ4n) is 1.28. The van der Waals surface area contributed by atoms with Crippen LogP contribution in [0.2, 0.25) is 0 Å². The maximum absolute atomic E-state index is 8.43. The van der Waals surface area contributed by atoms with Crippen LogP contribution in [0.25, 0.3) is 0 Å². The number of nitrogens with one attached hydrogen (secondary N) is 1. The molecule has 1 aliphatic heterocycles. The van der Waals surface area contributed by atoms with Gasteiger partial charge in [-0.25, -0.2) is 0 Å². The lowest BCUT2D eigenvalue weighted by Gasteiger charge is -2.22. The molecule has 0 spiro atoms. The third-order valence-electron chi connectivity index (χ3n) is 1.97. The molecule has 0 aromatic carbocycles. The van der Waals surface area contributed by atoms with Crippen molar-refractivity contribution in [2.75, 3.05) is 6.54 Å². The van der Waals surface area contributed by atoms with Crippen LogP contribution < -0.4 is 5.32 Å². The van der Waals surface area contributed by atoms with Gasteiger partial charge in [-0.15, -0.1) is 0 Å². The molecule has 1 atom stereocenters. The van der Waals surface area contributed by atoms with E-state index in [2.05, 4.69) is 10.5 Å². The Bertz CT molecular complexity index is 128. The predicted octanol–water partition coefficient (Wildman–Crippen LogP) is 0.979. The number of oxime groups is 1. The molecule has 1 fully saturated rings. The van der Waals surface area contributed by atoms with Crippen molar-refractivity contribution >= 4 is 5.71 Å². The van der Waals surface area contributed by atoms with E-state index in [4.69, 9.17) is 5.21 Å². The van der Waals surface area contributed by atoms with E-state index in [1.165, 1.54) is 12.8 Å². The van der Waals surface area contributed by atoms with Gasteiger partial charge in [0.1, 0.15) is 0 Å². The lowest BCUT2D eigenvalue weighted by atomic mass is 10.0. The maximum atomic E-state index is 8.43. The molecule has 58 valence electrons. The molecule has 0 aromatic heterocycles. The van der Waals surface area contributed by atoms with Crippen molar-refractivity contribution in [3.05, 3.63) is 0 Å². The van der Waals surface area contributed by atoms with E-state index in [1.54, 1.807) is 0 Å². The highest BCUT2D eigenvalue weighted by atomic mass is 16.4. The Morgan fingerprint density at radius 1 is 1.60 bits per heavy atom. The number of hydrogen-bond acceptors (Lipinski definition) is 3. The molecule has 1 aliphatic rings. The van der Waals surface area contributed by atoms with Gasteiger partial charge >= 0.3 is 0 Å². The molecule has 0 aliphatic carbocycles. The average molecular weight is 142 g/mol. The zero-order valence-corrected chi connectivity index (χ0v) is 6.30. The number of hydrogen-bond donors (Lipinski definition) is 2. The first kappa shape index (κ1) is 7.54. The SMILES string of the molecule is CC(=NO)C1CCCCN1.